The molecular weight excluding hydrogens is 524 g/mol. The van der Waals surface area contributed by atoms with Crippen LogP contribution in [0, 0.1) is 17.2 Å². The summed E-state index contributed by atoms with van der Waals surface area (Å²) in [5, 5.41) is 18.9. The summed E-state index contributed by atoms with van der Waals surface area (Å²) in [4.78, 5) is 23.1. The normalized spacial score (nSPS) is 15.8. The van der Waals surface area contributed by atoms with Crippen molar-refractivity contribution in [2.24, 2.45) is 10.9 Å². The van der Waals surface area contributed by atoms with Crippen LogP contribution in [-0.4, -0.2) is 16.9 Å². The smallest absolute Gasteiger partial charge is 0.302 e. The SMILES string of the molecule is CC1=C(C(=O)Nc2ccc(C#N)cc2)C(c2cccc([C@H](C)C(C)C)c2Cl)N=C(Nc2nc3ccccc3o2)N1. The number of halogens is 1. The number of fused-ring (bicyclic) bond motifs is 1. The Bertz CT molecular complexity index is 1650. The van der Waals surface area contributed by atoms with E-state index in [1.165, 1.54) is 0 Å². The molecule has 3 N–H and O–H groups in total. The summed E-state index contributed by atoms with van der Waals surface area (Å²) in [6, 6.07) is 21.7. The Kier molecular flexibility index (Phi) is 7.58. The molecule has 1 amide bonds. The number of para-hydroxylation sites is 2. The fraction of sp³-hybridized carbons (Fsp3) is 0.226. The first kappa shape index (κ1) is 27.0. The van der Waals surface area contributed by atoms with Crippen molar-refractivity contribution in [2.45, 2.75) is 39.7 Å². The van der Waals surface area contributed by atoms with Gasteiger partial charge in [-0.05, 0) is 60.7 Å². The van der Waals surface area contributed by atoms with Gasteiger partial charge in [0.2, 0.25) is 5.96 Å². The van der Waals surface area contributed by atoms with E-state index in [9.17, 15) is 4.79 Å². The maximum atomic E-state index is 13.7. The first-order chi connectivity index (χ1) is 19.2. The number of nitriles is 1. The number of guanidine groups is 1. The first-order valence-electron chi connectivity index (χ1n) is 13.0. The second-order valence-corrected chi connectivity index (χ2v) is 10.5. The van der Waals surface area contributed by atoms with E-state index in [0.717, 1.165) is 11.1 Å². The Hall–Kier alpha value is -4.61. The average Bonchev–Trinajstić information content (AvgIpc) is 3.35. The number of anilines is 2. The summed E-state index contributed by atoms with van der Waals surface area (Å²) in [6.45, 7) is 8.26. The number of nitrogens with one attached hydrogen (secondary N) is 3. The van der Waals surface area contributed by atoms with Crippen LogP contribution in [0.4, 0.5) is 11.7 Å². The molecule has 1 aromatic heterocycles. The third kappa shape index (κ3) is 5.42. The Morgan fingerprint density at radius 1 is 1.07 bits per heavy atom. The number of aromatic nitrogens is 1. The summed E-state index contributed by atoms with van der Waals surface area (Å²) >= 11 is 7.03. The van der Waals surface area contributed by atoms with Crippen LogP contribution in [-0.2, 0) is 4.79 Å². The fourth-order valence-electron chi connectivity index (χ4n) is 4.60. The Morgan fingerprint density at radius 2 is 1.82 bits per heavy atom. The molecule has 202 valence electrons. The summed E-state index contributed by atoms with van der Waals surface area (Å²) < 4.78 is 5.83. The van der Waals surface area contributed by atoms with Gasteiger partial charge in [0.1, 0.15) is 11.6 Å². The molecule has 0 fully saturated rings. The van der Waals surface area contributed by atoms with Gasteiger partial charge in [-0.1, -0.05) is 62.7 Å². The van der Waals surface area contributed by atoms with E-state index < -0.39 is 6.04 Å². The number of amides is 1. The number of rotatable bonds is 6. The third-order valence-corrected chi connectivity index (χ3v) is 7.56. The van der Waals surface area contributed by atoms with Crippen LogP contribution in [0.2, 0.25) is 5.02 Å². The second kappa shape index (κ2) is 11.2. The minimum Gasteiger partial charge on any atom is -0.423 e. The van der Waals surface area contributed by atoms with E-state index in [1.807, 2.05) is 49.4 Å². The van der Waals surface area contributed by atoms with Gasteiger partial charge in [-0.25, -0.2) is 4.99 Å². The van der Waals surface area contributed by atoms with Crippen LogP contribution >= 0.6 is 11.6 Å². The molecule has 0 aliphatic carbocycles. The molecule has 2 heterocycles. The van der Waals surface area contributed by atoms with Crippen molar-refractivity contribution < 1.29 is 9.21 Å². The van der Waals surface area contributed by atoms with E-state index in [4.69, 9.17) is 26.3 Å². The van der Waals surface area contributed by atoms with Crippen LogP contribution in [0.15, 0.2) is 87.4 Å². The molecule has 0 saturated carbocycles. The molecule has 0 radical (unpaired) electrons. The lowest BCUT2D eigenvalue weighted by atomic mass is 9.87. The maximum Gasteiger partial charge on any atom is 0.302 e. The van der Waals surface area contributed by atoms with Crippen molar-refractivity contribution >= 4 is 46.3 Å². The van der Waals surface area contributed by atoms with Crippen LogP contribution in [0.1, 0.15) is 56.3 Å². The van der Waals surface area contributed by atoms with Gasteiger partial charge in [-0.15, -0.1) is 0 Å². The zero-order chi connectivity index (χ0) is 28.4. The highest BCUT2D eigenvalue weighted by Crippen LogP contribution is 2.40. The zero-order valence-corrected chi connectivity index (χ0v) is 23.4. The summed E-state index contributed by atoms with van der Waals surface area (Å²) in [5.74, 6) is 0.624. The van der Waals surface area contributed by atoms with Gasteiger partial charge < -0.3 is 15.1 Å². The van der Waals surface area contributed by atoms with Gasteiger partial charge in [-0.2, -0.15) is 10.2 Å². The fourth-order valence-corrected chi connectivity index (χ4v) is 5.00. The highest BCUT2D eigenvalue weighted by atomic mass is 35.5. The second-order valence-electron chi connectivity index (χ2n) is 10.1. The number of carbonyl (C=O) groups excluding carboxylic acids is 1. The molecule has 8 nitrogen and oxygen atoms in total. The number of nitrogens with zero attached hydrogens (tertiary/aromatic N) is 3. The maximum absolute atomic E-state index is 13.7. The Balaban J connectivity index is 1.54. The van der Waals surface area contributed by atoms with Crippen molar-refractivity contribution in [3.8, 4) is 6.07 Å². The highest BCUT2D eigenvalue weighted by molar-refractivity contribution is 6.32. The van der Waals surface area contributed by atoms with Crippen molar-refractivity contribution in [2.75, 3.05) is 10.6 Å². The predicted molar refractivity (Wildman–Crippen MR) is 158 cm³/mol. The molecule has 1 unspecified atom stereocenters. The molecule has 0 bridgehead atoms. The molecule has 1 aliphatic rings. The van der Waals surface area contributed by atoms with E-state index in [-0.39, 0.29) is 17.8 Å². The average molecular weight is 553 g/mol. The topological polar surface area (TPSA) is 115 Å². The highest BCUT2D eigenvalue weighted by Gasteiger charge is 2.32. The van der Waals surface area contributed by atoms with E-state index in [2.05, 4.69) is 47.8 Å². The van der Waals surface area contributed by atoms with Gasteiger partial charge in [0.15, 0.2) is 5.58 Å². The molecule has 5 rings (SSSR count). The molecule has 40 heavy (non-hydrogen) atoms. The van der Waals surface area contributed by atoms with E-state index in [1.54, 1.807) is 24.3 Å². The van der Waals surface area contributed by atoms with Crippen LogP contribution in [0.25, 0.3) is 11.1 Å². The lowest BCUT2D eigenvalue weighted by Gasteiger charge is -2.28. The summed E-state index contributed by atoms with van der Waals surface area (Å²) in [5.41, 5.74) is 5.17. The number of oxazole rings is 1. The largest absolute Gasteiger partial charge is 0.423 e. The predicted octanol–water partition coefficient (Wildman–Crippen LogP) is 7.14. The van der Waals surface area contributed by atoms with Crippen molar-refractivity contribution in [1.82, 2.24) is 10.3 Å². The molecule has 9 heteroatoms. The number of hydrogen-bond acceptors (Lipinski definition) is 7. The number of aliphatic imine (C=N–C) groups is 1. The van der Waals surface area contributed by atoms with Crippen LogP contribution in [0.3, 0.4) is 0 Å². The zero-order valence-electron chi connectivity index (χ0n) is 22.6. The van der Waals surface area contributed by atoms with Crippen molar-refractivity contribution in [3.63, 3.8) is 0 Å². The molecule has 0 spiro atoms. The quantitative estimate of drug-likeness (QED) is 0.234. The summed E-state index contributed by atoms with van der Waals surface area (Å²) in [7, 11) is 0. The lowest BCUT2D eigenvalue weighted by Crippen LogP contribution is -2.37. The number of hydrogen-bond donors (Lipinski definition) is 3. The van der Waals surface area contributed by atoms with Crippen molar-refractivity contribution in [1.29, 1.82) is 5.26 Å². The molecule has 1 aliphatic heterocycles. The monoisotopic (exact) mass is 552 g/mol. The van der Waals surface area contributed by atoms with Gasteiger partial charge in [0.05, 0.1) is 17.2 Å². The molecular formula is C31H29ClN6O2. The molecule has 4 aromatic rings. The standard InChI is InChI=1S/C31H29ClN6O2/c1-17(2)18(3)22-8-7-9-23(27(22)32)28-26(29(39)35-21-14-12-20(16-33)13-15-21)19(4)34-30(37-28)38-31-36-24-10-5-6-11-25(24)40-31/h5-15,17-18,28H,1-4H3,(H,35,39)(H2,34,36,37,38)/t18-,28?/m1/s1. The summed E-state index contributed by atoms with van der Waals surface area (Å²) in [6.07, 6.45) is 0. The van der Waals surface area contributed by atoms with Crippen LogP contribution in [0.5, 0.6) is 0 Å². The van der Waals surface area contributed by atoms with E-state index >= 15 is 0 Å². The molecule has 3 aromatic carbocycles. The lowest BCUT2D eigenvalue weighted by molar-refractivity contribution is -0.113. The van der Waals surface area contributed by atoms with Gasteiger partial charge in [-0.3, -0.25) is 10.1 Å². The van der Waals surface area contributed by atoms with Crippen molar-refractivity contribution in [3.05, 3.63) is 99.7 Å². The number of carbonyl (C=O) groups is 1. The molecule has 2 atom stereocenters. The Morgan fingerprint density at radius 3 is 2.52 bits per heavy atom. The van der Waals surface area contributed by atoms with Gasteiger partial charge >= 0.3 is 6.01 Å². The Labute approximate surface area is 237 Å². The van der Waals surface area contributed by atoms with Crippen LogP contribution < -0.4 is 16.0 Å². The first-order valence-corrected chi connectivity index (χ1v) is 13.4. The third-order valence-electron chi connectivity index (χ3n) is 7.12. The number of benzene rings is 3. The molecule has 0 saturated heterocycles. The van der Waals surface area contributed by atoms with E-state index in [0.29, 0.717) is 50.5 Å². The van der Waals surface area contributed by atoms with Gasteiger partial charge in [0, 0.05) is 22.0 Å². The minimum atomic E-state index is -0.710. The van der Waals surface area contributed by atoms with Gasteiger partial charge in [0.25, 0.3) is 5.91 Å². The number of allylic oxidation sites excluding steroid dienone is 1. The minimum absolute atomic E-state index is 0.205.